The third-order valence-electron chi connectivity index (χ3n) is 5.86. The Morgan fingerprint density at radius 1 is 1.04 bits per heavy atom. The van der Waals surface area contributed by atoms with Crippen LogP contribution in [0, 0.1) is 11.6 Å². The first-order valence-electron chi connectivity index (χ1n) is 9.65. The van der Waals surface area contributed by atoms with Crippen LogP contribution in [0.1, 0.15) is 42.7 Å². The monoisotopic (exact) mass is 370 g/mol. The average molecular weight is 370 g/mol. The zero-order valence-electron chi connectivity index (χ0n) is 15.2. The van der Waals surface area contributed by atoms with E-state index in [2.05, 4.69) is 22.3 Å². The van der Waals surface area contributed by atoms with E-state index in [1.807, 2.05) is 18.2 Å². The molecular weight excluding hydrogens is 346 g/mol. The molecule has 2 aliphatic rings. The molecule has 2 aliphatic heterocycles. The minimum Gasteiger partial charge on any atom is -0.351 e. The van der Waals surface area contributed by atoms with Gasteiger partial charge in [-0.15, -0.1) is 0 Å². The fourth-order valence-electron chi connectivity index (χ4n) is 4.54. The molecule has 1 N–H and O–H groups in total. The highest BCUT2D eigenvalue weighted by Crippen LogP contribution is 2.36. The van der Waals surface area contributed by atoms with Gasteiger partial charge in [0.05, 0.1) is 6.04 Å². The van der Waals surface area contributed by atoms with E-state index in [0.29, 0.717) is 18.5 Å². The van der Waals surface area contributed by atoms with Gasteiger partial charge in [-0.25, -0.2) is 8.78 Å². The number of hydrogen-bond donors (Lipinski definition) is 1. The summed E-state index contributed by atoms with van der Waals surface area (Å²) < 4.78 is 27.9. The molecule has 4 rings (SSSR count). The van der Waals surface area contributed by atoms with E-state index >= 15 is 0 Å². The predicted octanol–water partition coefficient (Wildman–Crippen LogP) is 3.99. The van der Waals surface area contributed by atoms with Crippen LogP contribution in [0.15, 0.2) is 48.5 Å². The largest absolute Gasteiger partial charge is 0.351 e. The summed E-state index contributed by atoms with van der Waals surface area (Å²) in [5.74, 6) is -1.35. The van der Waals surface area contributed by atoms with Gasteiger partial charge in [0.25, 0.3) is 0 Å². The zero-order valence-corrected chi connectivity index (χ0v) is 15.2. The second-order valence-corrected chi connectivity index (χ2v) is 7.57. The lowest BCUT2D eigenvalue weighted by Crippen LogP contribution is -2.47. The van der Waals surface area contributed by atoms with Gasteiger partial charge in [0.15, 0.2) is 11.6 Å². The number of nitrogens with one attached hydrogen (secondary N) is 1. The third-order valence-corrected chi connectivity index (χ3v) is 5.86. The Balaban J connectivity index is 1.65. The van der Waals surface area contributed by atoms with Crippen molar-refractivity contribution in [2.75, 3.05) is 6.54 Å². The highest BCUT2D eigenvalue weighted by molar-refractivity contribution is 5.76. The van der Waals surface area contributed by atoms with E-state index in [-0.39, 0.29) is 23.9 Å². The predicted molar refractivity (Wildman–Crippen MR) is 100 cm³/mol. The second kappa shape index (κ2) is 7.77. The summed E-state index contributed by atoms with van der Waals surface area (Å²) in [6.45, 7) is 1.07. The van der Waals surface area contributed by atoms with Gasteiger partial charge in [0, 0.05) is 37.0 Å². The van der Waals surface area contributed by atoms with Gasteiger partial charge in [-0.3, -0.25) is 9.69 Å². The molecule has 1 amide bonds. The SMILES string of the molecule is O=C1CCCC[C@@H]2[C@@H](N1)[C@H](c1ccccc1)CN2Cc1cccc(F)c1F. The average Bonchev–Trinajstić information content (AvgIpc) is 2.98. The van der Waals surface area contributed by atoms with E-state index in [0.717, 1.165) is 31.9 Å². The normalized spacial score (nSPS) is 26.1. The molecule has 2 heterocycles. The van der Waals surface area contributed by atoms with Gasteiger partial charge < -0.3 is 5.32 Å². The Bertz CT molecular complexity index is 811. The molecule has 0 spiro atoms. The highest BCUT2D eigenvalue weighted by Gasteiger charge is 2.43. The standard InChI is InChI=1S/C22H24F2N2O/c23-18-10-6-9-16(21(18)24)13-26-14-17(15-7-2-1-3-8-15)22-19(26)11-4-5-12-20(27)25-22/h1-3,6-10,17,19,22H,4-5,11-14H2,(H,25,27)/t17-,19+,22-/m0/s1. The minimum absolute atomic E-state index is 0.00294. The molecule has 0 saturated carbocycles. The Kier molecular flexibility index (Phi) is 5.21. The first kappa shape index (κ1) is 18.1. The van der Waals surface area contributed by atoms with E-state index in [4.69, 9.17) is 0 Å². The highest BCUT2D eigenvalue weighted by atomic mass is 19.2. The van der Waals surface area contributed by atoms with Crippen LogP contribution in [0.3, 0.4) is 0 Å². The van der Waals surface area contributed by atoms with Crippen LogP contribution in [0.2, 0.25) is 0 Å². The molecule has 3 atom stereocenters. The quantitative estimate of drug-likeness (QED) is 0.886. The maximum atomic E-state index is 14.2. The third kappa shape index (κ3) is 3.74. The summed E-state index contributed by atoms with van der Waals surface area (Å²) in [4.78, 5) is 14.5. The van der Waals surface area contributed by atoms with Crippen LogP contribution < -0.4 is 5.32 Å². The summed E-state index contributed by atoms with van der Waals surface area (Å²) in [6, 6.07) is 14.6. The molecule has 2 aromatic rings. The van der Waals surface area contributed by atoms with Crippen molar-refractivity contribution in [1.29, 1.82) is 0 Å². The van der Waals surface area contributed by atoms with E-state index in [1.165, 1.54) is 5.56 Å². The van der Waals surface area contributed by atoms with Gasteiger partial charge in [0.2, 0.25) is 5.91 Å². The van der Waals surface area contributed by atoms with Crippen LogP contribution in [-0.4, -0.2) is 29.4 Å². The Labute approximate surface area is 158 Å². The maximum Gasteiger partial charge on any atom is 0.220 e. The number of amides is 1. The fourth-order valence-corrected chi connectivity index (χ4v) is 4.54. The van der Waals surface area contributed by atoms with Crippen LogP contribution in [-0.2, 0) is 11.3 Å². The first-order valence-corrected chi connectivity index (χ1v) is 9.65. The summed E-state index contributed by atoms with van der Waals surface area (Å²) in [5.41, 5.74) is 1.55. The lowest BCUT2D eigenvalue weighted by molar-refractivity contribution is -0.122. The molecular formula is C22H24F2N2O. The number of fused-ring (bicyclic) bond motifs is 1. The molecule has 0 unspecified atom stereocenters. The molecule has 0 aromatic heterocycles. The van der Waals surface area contributed by atoms with Crippen LogP contribution in [0.25, 0.3) is 0 Å². The summed E-state index contributed by atoms with van der Waals surface area (Å²) in [5, 5.41) is 3.22. The van der Waals surface area contributed by atoms with Crippen molar-refractivity contribution in [1.82, 2.24) is 10.2 Å². The van der Waals surface area contributed by atoms with E-state index < -0.39 is 11.6 Å². The van der Waals surface area contributed by atoms with Gasteiger partial charge in [-0.2, -0.15) is 0 Å². The molecule has 3 nitrogen and oxygen atoms in total. The number of hydrogen-bond acceptors (Lipinski definition) is 2. The lowest BCUT2D eigenvalue weighted by Gasteiger charge is -2.31. The number of rotatable bonds is 3. The van der Waals surface area contributed by atoms with Crippen LogP contribution >= 0.6 is 0 Å². The summed E-state index contributed by atoms with van der Waals surface area (Å²) >= 11 is 0. The van der Waals surface area contributed by atoms with Crippen LogP contribution in [0.4, 0.5) is 8.78 Å². The topological polar surface area (TPSA) is 32.3 Å². The molecule has 142 valence electrons. The smallest absolute Gasteiger partial charge is 0.220 e. The van der Waals surface area contributed by atoms with Crippen molar-refractivity contribution in [3.63, 3.8) is 0 Å². The minimum atomic E-state index is -0.811. The van der Waals surface area contributed by atoms with E-state index in [9.17, 15) is 13.6 Å². The molecule has 0 bridgehead atoms. The number of carbonyl (C=O) groups excluding carboxylic acids is 1. The summed E-state index contributed by atoms with van der Waals surface area (Å²) in [7, 11) is 0. The maximum absolute atomic E-state index is 14.2. The lowest BCUT2D eigenvalue weighted by atomic mass is 9.88. The van der Waals surface area contributed by atoms with Gasteiger partial charge in [-0.1, -0.05) is 48.9 Å². The van der Waals surface area contributed by atoms with Gasteiger partial charge >= 0.3 is 0 Å². The molecule has 2 fully saturated rings. The molecule has 0 radical (unpaired) electrons. The van der Waals surface area contributed by atoms with Crippen molar-refractivity contribution in [2.45, 2.75) is 50.2 Å². The van der Waals surface area contributed by atoms with Crippen LogP contribution in [0.5, 0.6) is 0 Å². The number of likely N-dealkylation sites (tertiary alicyclic amines) is 1. The Morgan fingerprint density at radius 3 is 2.67 bits per heavy atom. The summed E-state index contributed by atoms with van der Waals surface area (Å²) in [6.07, 6.45) is 3.35. The Hall–Kier alpha value is -2.27. The number of halogens is 2. The number of nitrogens with zero attached hydrogens (tertiary/aromatic N) is 1. The Morgan fingerprint density at radius 2 is 1.85 bits per heavy atom. The number of benzene rings is 2. The van der Waals surface area contributed by atoms with Crippen molar-refractivity contribution in [3.8, 4) is 0 Å². The molecule has 2 aromatic carbocycles. The van der Waals surface area contributed by atoms with Crippen molar-refractivity contribution >= 4 is 5.91 Å². The molecule has 0 aliphatic carbocycles. The van der Waals surface area contributed by atoms with E-state index in [1.54, 1.807) is 12.1 Å². The van der Waals surface area contributed by atoms with Crippen molar-refractivity contribution < 1.29 is 13.6 Å². The van der Waals surface area contributed by atoms with Crippen molar-refractivity contribution in [3.05, 3.63) is 71.3 Å². The zero-order chi connectivity index (χ0) is 18.8. The first-order chi connectivity index (χ1) is 13.1. The van der Waals surface area contributed by atoms with Gasteiger partial charge in [0.1, 0.15) is 0 Å². The molecule has 5 heteroatoms. The van der Waals surface area contributed by atoms with Crippen molar-refractivity contribution in [2.24, 2.45) is 0 Å². The second-order valence-electron chi connectivity index (χ2n) is 7.57. The molecule has 2 saturated heterocycles. The number of carbonyl (C=O) groups is 1. The molecule has 27 heavy (non-hydrogen) atoms. The van der Waals surface area contributed by atoms with Gasteiger partial charge in [-0.05, 0) is 24.5 Å². The fraction of sp³-hybridized carbons (Fsp3) is 0.409.